The lowest BCUT2D eigenvalue weighted by Gasteiger charge is -2.10. The highest BCUT2D eigenvalue weighted by atomic mass is 32.2. The highest BCUT2D eigenvalue weighted by Crippen LogP contribution is 2.20. The Kier molecular flexibility index (Phi) is 7.85. The van der Waals surface area contributed by atoms with Gasteiger partial charge in [0.15, 0.2) is 6.61 Å². The topological polar surface area (TPSA) is 111 Å². The van der Waals surface area contributed by atoms with Crippen LogP contribution in [0.5, 0.6) is 5.75 Å². The minimum atomic E-state index is -3.84. The normalized spacial score (nSPS) is 10.9. The summed E-state index contributed by atoms with van der Waals surface area (Å²) in [6.45, 7) is 3.40. The SMILES string of the molecule is CCOc1ccc(S(=O)(=O)Nc2ccc(C(=O)OCC(=O)Nc3ccc(C)cc3F)cc2)cc1. The molecule has 0 saturated carbocycles. The molecule has 8 nitrogen and oxygen atoms in total. The second kappa shape index (κ2) is 10.8. The lowest BCUT2D eigenvalue weighted by atomic mass is 10.2. The van der Waals surface area contributed by atoms with Crippen molar-refractivity contribution in [3.8, 4) is 5.75 Å². The van der Waals surface area contributed by atoms with Crippen LogP contribution < -0.4 is 14.8 Å². The number of hydrogen-bond donors (Lipinski definition) is 2. The van der Waals surface area contributed by atoms with Crippen LogP contribution in [0.1, 0.15) is 22.8 Å². The third kappa shape index (κ3) is 6.55. The van der Waals surface area contributed by atoms with E-state index in [4.69, 9.17) is 9.47 Å². The van der Waals surface area contributed by atoms with Crippen molar-refractivity contribution in [2.75, 3.05) is 23.3 Å². The Bertz CT molecular complexity index is 1280. The highest BCUT2D eigenvalue weighted by Gasteiger charge is 2.16. The fourth-order valence-electron chi connectivity index (χ4n) is 2.89. The molecule has 0 atom stereocenters. The average Bonchev–Trinajstić information content (AvgIpc) is 2.80. The molecule has 0 aliphatic carbocycles. The van der Waals surface area contributed by atoms with E-state index in [1.165, 1.54) is 48.5 Å². The molecule has 34 heavy (non-hydrogen) atoms. The van der Waals surface area contributed by atoms with E-state index < -0.39 is 34.3 Å². The molecule has 0 spiro atoms. The van der Waals surface area contributed by atoms with E-state index in [2.05, 4.69) is 10.0 Å². The number of rotatable bonds is 9. The van der Waals surface area contributed by atoms with E-state index in [-0.39, 0.29) is 21.8 Å². The molecule has 0 aliphatic rings. The van der Waals surface area contributed by atoms with Crippen LogP contribution in [0.4, 0.5) is 15.8 Å². The summed E-state index contributed by atoms with van der Waals surface area (Å²) < 4.78 is 51.6. The zero-order valence-corrected chi connectivity index (χ0v) is 19.3. The second-order valence-corrected chi connectivity index (χ2v) is 8.88. The lowest BCUT2D eigenvalue weighted by Crippen LogP contribution is -2.21. The maximum atomic E-state index is 13.8. The van der Waals surface area contributed by atoms with Gasteiger partial charge in [0.2, 0.25) is 0 Å². The number of amides is 1. The van der Waals surface area contributed by atoms with Crippen LogP contribution >= 0.6 is 0 Å². The molecule has 2 N–H and O–H groups in total. The van der Waals surface area contributed by atoms with Crippen molar-refractivity contribution in [3.63, 3.8) is 0 Å². The summed E-state index contributed by atoms with van der Waals surface area (Å²) in [4.78, 5) is 24.2. The van der Waals surface area contributed by atoms with Gasteiger partial charge in [0.1, 0.15) is 11.6 Å². The molecule has 0 unspecified atom stereocenters. The van der Waals surface area contributed by atoms with Crippen LogP contribution in [0, 0.1) is 12.7 Å². The van der Waals surface area contributed by atoms with Crippen LogP contribution in [0.15, 0.2) is 71.6 Å². The van der Waals surface area contributed by atoms with E-state index >= 15 is 0 Å². The summed E-state index contributed by atoms with van der Waals surface area (Å²) in [5.74, 6) is -1.53. The van der Waals surface area contributed by atoms with Crippen LogP contribution in [0.3, 0.4) is 0 Å². The fourth-order valence-corrected chi connectivity index (χ4v) is 3.95. The molecule has 0 aliphatic heterocycles. The molecular weight excluding hydrogens is 463 g/mol. The summed E-state index contributed by atoms with van der Waals surface area (Å²) in [5.41, 5.74) is 1.03. The predicted molar refractivity (Wildman–Crippen MR) is 125 cm³/mol. The van der Waals surface area contributed by atoms with E-state index in [1.54, 1.807) is 25.1 Å². The summed E-state index contributed by atoms with van der Waals surface area (Å²) in [7, 11) is -3.84. The molecule has 0 heterocycles. The van der Waals surface area contributed by atoms with Crippen LogP contribution in [-0.2, 0) is 19.6 Å². The third-order valence-corrected chi connectivity index (χ3v) is 5.95. The van der Waals surface area contributed by atoms with Crippen LogP contribution in [0.2, 0.25) is 0 Å². The van der Waals surface area contributed by atoms with Gasteiger partial charge in [-0.2, -0.15) is 0 Å². The molecule has 0 saturated heterocycles. The monoisotopic (exact) mass is 486 g/mol. The van der Waals surface area contributed by atoms with Gasteiger partial charge < -0.3 is 14.8 Å². The van der Waals surface area contributed by atoms with Gasteiger partial charge in [-0.05, 0) is 80.1 Å². The number of halogens is 1. The second-order valence-electron chi connectivity index (χ2n) is 7.19. The molecule has 178 valence electrons. The molecule has 0 bridgehead atoms. The summed E-state index contributed by atoms with van der Waals surface area (Å²) in [5, 5.41) is 2.33. The number of nitrogens with one attached hydrogen (secondary N) is 2. The molecule has 0 aromatic heterocycles. The number of carbonyl (C=O) groups excluding carboxylic acids is 2. The smallest absolute Gasteiger partial charge is 0.338 e. The molecule has 1 amide bonds. The van der Waals surface area contributed by atoms with Crippen molar-refractivity contribution in [3.05, 3.63) is 83.7 Å². The number of carbonyl (C=O) groups is 2. The number of ether oxygens (including phenoxy) is 2. The summed E-state index contributed by atoms with van der Waals surface area (Å²) >= 11 is 0. The fraction of sp³-hybridized carbons (Fsp3) is 0.167. The first-order valence-electron chi connectivity index (χ1n) is 10.3. The van der Waals surface area contributed by atoms with Crippen molar-refractivity contribution in [1.82, 2.24) is 0 Å². The Morgan fingerprint density at radius 1 is 0.971 bits per heavy atom. The lowest BCUT2D eigenvalue weighted by molar-refractivity contribution is -0.119. The minimum absolute atomic E-state index is 0.0178. The van der Waals surface area contributed by atoms with Crippen LogP contribution in [0.25, 0.3) is 0 Å². The zero-order valence-electron chi connectivity index (χ0n) is 18.5. The van der Waals surface area contributed by atoms with Gasteiger partial charge in [-0.25, -0.2) is 17.6 Å². The van der Waals surface area contributed by atoms with Gasteiger partial charge in [-0.3, -0.25) is 9.52 Å². The Morgan fingerprint density at radius 2 is 1.65 bits per heavy atom. The van der Waals surface area contributed by atoms with Gasteiger partial charge in [-0.1, -0.05) is 6.07 Å². The highest BCUT2D eigenvalue weighted by molar-refractivity contribution is 7.92. The van der Waals surface area contributed by atoms with Gasteiger partial charge in [-0.15, -0.1) is 0 Å². The number of sulfonamides is 1. The minimum Gasteiger partial charge on any atom is -0.494 e. The summed E-state index contributed by atoms with van der Waals surface area (Å²) in [6, 6.07) is 15.8. The molecule has 0 radical (unpaired) electrons. The number of esters is 1. The maximum absolute atomic E-state index is 13.8. The van der Waals surface area contributed by atoms with Gasteiger partial charge >= 0.3 is 5.97 Å². The van der Waals surface area contributed by atoms with Crippen molar-refractivity contribution in [2.45, 2.75) is 18.7 Å². The quantitative estimate of drug-likeness (QED) is 0.440. The van der Waals surface area contributed by atoms with E-state index in [9.17, 15) is 22.4 Å². The van der Waals surface area contributed by atoms with Gasteiger partial charge in [0.05, 0.1) is 22.8 Å². The van der Waals surface area contributed by atoms with E-state index in [1.807, 2.05) is 6.92 Å². The Labute approximate surface area is 196 Å². The molecule has 3 rings (SSSR count). The molecule has 0 fully saturated rings. The largest absolute Gasteiger partial charge is 0.494 e. The number of aryl methyl sites for hydroxylation is 1. The summed E-state index contributed by atoms with van der Waals surface area (Å²) in [6.07, 6.45) is 0. The molecule has 3 aromatic carbocycles. The number of anilines is 2. The zero-order chi connectivity index (χ0) is 24.7. The first-order valence-corrected chi connectivity index (χ1v) is 11.7. The Balaban J connectivity index is 1.55. The predicted octanol–water partition coefficient (Wildman–Crippen LogP) is 4.13. The molecule has 10 heteroatoms. The first-order chi connectivity index (χ1) is 16.2. The van der Waals surface area contributed by atoms with Gasteiger partial charge in [0.25, 0.3) is 15.9 Å². The van der Waals surface area contributed by atoms with Crippen molar-refractivity contribution in [1.29, 1.82) is 0 Å². The van der Waals surface area contributed by atoms with E-state index in [0.29, 0.717) is 17.9 Å². The van der Waals surface area contributed by atoms with Crippen molar-refractivity contribution in [2.24, 2.45) is 0 Å². The Hall–Kier alpha value is -3.92. The van der Waals surface area contributed by atoms with Gasteiger partial charge in [0, 0.05) is 5.69 Å². The average molecular weight is 487 g/mol. The van der Waals surface area contributed by atoms with Crippen LogP contribution in [-0.4, -0.2) is 33.5 Å². The number of hydrogen-bond acceptors (Lipinski definition) is 6. The third-order valence-electron chi connectivity index (χ3n) is 4.55. The Morgan fingerprint density at radius 3 is 2.26 bits per heavy atom. The first kappa shape index (κ1) is 24.7. The molecule has 3 aromatic rings. The maximum Gasteiger partial charge on any atom is 0.338 e. The molecular formula is C24H23FN2O6S. The standard InChI is InChI=1S/C24H23FN2O6S/c1-3-32-19-9-11-20(12-10-19)34(30,31)27-18-7-5-17(6-8-18)24(29)33-15-23(28)26-22-13-4-16(2)14-21(22)25/h4-14,27H,3,15H2,1-2H3,(H,26,28). The van der Waals surface area contributed by atoms with Crippen molar-refractivity contribution < 1.29 is 31.9 Å². The van der Waals surface area contributed by atoms with E-state index in [0.717, 1.165) is 0 Å². The number of benzene rings is 3. The van der Waals surface area contributed by atoms with Crippen molar-refractivity contribution >= 4 is 33.3 Å².